The lowest BCUT2D eigenvalue weighted by Crippen LogP contribution is -2.40. The van der Waals surface area contributed by atoms with Crippen LogP contribution >= 0.6 is 0 Å². The molecule has 32 heavy (non-hydrogen) atoms. The van der Waals surface area contributed by atoms with Crippen molar-refractivity contribution < 1.29 is 4.79 Å². The molecule has 1 aliphatic rings. The standard InChI is InChI=1S/C24H29N7O/c1-25-24(28-15-20-7-9-27-22(13-20)31-12-10-26-18-31)29-16-21-14-23(32)30(17-21)11-8-19-5-3-2-4-6-19/h2-7,9-10,12-13,18,21H,8,11,14-17H2,1H3,(H2,25,28,29). The smallest absolute Gasteiger partial charge is 0.223 e. The van der Waals surface area contributed by atoms with Gasteiger partial charge in [-0.3, -0.25) is 14.4 Å². The average Bonchev–Trinajstić information content (AvgIpc) is 3.49. The quantitative estimate of drug-likeness (QED) is 0.421. The van der Waals surface area contributed by atoms with Gasteiger partial charge in [0, 0.05) is 64.2 Å². The Kier molecular flexibility index (Phi) is 7.12. The minimum Gasteiger partial charge on any atom is -0.356 e. The lowest BCUT2D eigenvalue weighted by atomic mass is 10.1. The minimum absolute atomic E-state index is 0.236. The fourth-order valence-electron chi connectivity index (χ4n) is 3.87. The van der Waals surface area contributed by atoms with Crippen molar-refractivity contribution >= 4 is 11.9 Å². The number of likely N-dealkylation sites (tertiary alicyclic amines) is 1. The molecule has 0 spiro atoms. The van der Waals surface area contributed by atoms with Crippen LogP contribution in [0.4, 0.5) is 0 Å². The van der Waals surface area contributed by atoms with Gasteiger partial charge in [-0.1, -0.05) is 30.3 Å². The topological polar surface area (TPSA) is 87.4 Å². The van der Waals surface area contributed by atoms with Crippen LogP contribution in [0.15, 0.2) is 72.4 Å². The second kappa shape index (κ2) is 10.6. The first kappa shape index (κ1) is 21.5. The predicted molar refractivity (Wildman–Crippen MR) is 124 cm³/mol. The van der Waals surface area contributed by atoms with Crippen LogP contribution in [0.25, 0.3) is 5.82 Å². The highest BCUT2D eigenvalue weighted by atomic mass is 16.2. The SMILES string of the molecule is CN=C(NCc1ccnc(-n2ccnc2)c1)NCC1CC(=O)N(CCc2ccccc2)C1. The van der Waals surface area contributed by atoms with E-state index in [9.17, 15) is 4.79 Å². The third-order valence-corrected chi connectivity index (χ3v) is 5.63. The summed E-state index contributed by atoms with van der Waals surface area (Å²) in [5.41, 5.74) is 2.36. The Hall–Kier alpha value is -3.68. The molecule has 1 fully saturated rings. The highest BCUT2D eigenvalue weighted by molar-refractivity contribution is 5.80. The molecule has 0 bridgehead atoms. The van der Waals surface area contributed by atoms with E-state index >= 15 is 0 Å². The number of benzene rings is 1. The molecule has 1 aliphatic heterocycles. The monoisotopic (exact) mass is 431 g/mol. The molecule has 4 rings (SSSR count). The summed E-state index contributed by atoms with van der Waals surface area (Å²) in [6.45, 7) is 2.89. The number of imidazole rings is 1. The highest BCUT2D eigenvalue weighted by Gasteiger charge is 2.29. The van der Waals surface area contributed by atoms with Crippen molar-refractivity contribution in [2.75, 3.05) is 26.7 Å². The van der Waals surface area contributed by atoms with Gasteiger partial charge in [0.05, 0.1) is 0 Å². The molecule has 1 atom stereocenters. The van der Waals surface area contributed by atoms with E-state index in [2.05, 4.69) is 37.7 Å². The van der Waals surface area contributed by atoms with Crippen LogP contribution in [0, 0.1) is 5.92 Å². The van der Waals surface area contributed by atoms with Crippen LogP contribution in [-0.2, 0) is 17.8 Å². The first-order valence-electron chi connectivity index (χ1n) is 10.9. The largest absolute Gasteiger partial charge is 0.356 e. The normalized spacial score (nSPS) is 16.4. The number of nitrogens with one attached hydrogen (secondary N) is 2. The molecule has 8 heteroatoms. The Labute approximate surface area is 188 Å². The Morgan fingerprint density at radius 2 is 2.03 bits per heavy atom. The van der Waals surface area contributed by atoms with E-state index in [4.69, 9.17) is 0 Å². The predicted octanol–water partition coefficient (Wildman–Crippen LogP) is 2.02. The number of carbonyl (C=O) groups is 1. The first-order valence-corrected chi connectivity index (χ1v) is 10.9. The Morgan fingerprint density at radius 1 is 1.16 bits per heavy atom. The van der Waals surface area contributed by atoms with E-state index in [0.29, 0.717) is 19.5 Å². The molecule has 3 heterocycles. The summed E-state index contributed by atoms with van der Waals surface area (Å²) < 4.78 is 1.87. The summed E-state index contributed by atoms with van der Waals surface area (Å²) in [6, 6.07) is 14.3. The Bertz CT molecular complexity index is 1030. The number of aromatic nitrogens is 3. The molecule has 2 N–H and O–H groups in total. The second-order valence-corrected chi connectivity index (χ2v) is 7.94. The van der Waals surface area contributed by atoms with Crippen LogP contribution in [0.1, 0.15) is 17.5 Å². The van der Waals surface area contributed by atoms with Gasteiger partial charge >= 0.3 is 0 Å². The van der Waals surface area contributed by atoms with E-state index in [1.807, 2.05) is 46.0 Å². The third kappa shape index (κ3) is 5.72. The molecular weight excluding hydrogens is 402 g/mol. The minimum atomic E-state index is 0.236. The first-order chi connectivity index (χ1) is 15.7. The number of aliphatic imine (C=N–C) groups is 1. The average molecular weight is 432 g/mol. The number of hydrogen-bond acceptors (Lipinski definition) is 4. The van der Waals surface area contributed by atoms with E-state index in [0.717, 1.165) is 36.9 Å². The van der Waals surface area contributed by atoms with Crippen LogP contribution in [0.3, 0.4) is 0 Å². The van der Waals surface area contributed by atoms with Crippen molar-refractivity contribution in [1.29, 1.82) is 0 Å². The summed E-state index contributed by atoms with van der Waals surface area (Å²) in [5, 5.41) is 6.71. The zero-order chi connectivity index (χ0) is 22.2. The second-order valence-electron chi connectivity index (χ2n) is 7.94. The fraction of sp³-hybridized carbons (Fsp3) is 0.333. The van der Waals surface area contributed by atoms with Gasteiger partial charge < -0.3 is 15.5 Å². The van der Waals surface area contributed by atoms with Crippen molar-refractivity contribution in [2.24, 2.45) is 10.9 Å². The Morgan fingerprint density at radius 3 is 2.81 bits per heavy atom. The molecule has 0 aliphatic carbocycles. The summed E-state index contributed by atoms with van der Waals surface area (Å²) >= 11 is 0. The maximum atomic E-state index is 12.4. The number of rotatable bonds is 8. The van der Waals surface area contributed by atoms with Gasteiger partial charge in [0.1, 0.15) is 12.1 Å². The number of nitrogens with zero attached hydrogens (tertiary/aromatic N) is 5. The van der Waals surface area contributed by atoms with Gasteiger partial charge in [0.15, 0.2) is 5.96 Å². The van der Waals surface area contributed by atoms with Gasteiger partial charge in [-0.15, -0.1) is 0 Å². The number of amides is 1. The molecule has 166 valence electrons. The molecule has 0 saturated carbocycles. The molecule has 1 saturated heterocycles. The molecule has 2 aromatic heterocycles. The zero-order valence-electron chi connectivity index (χ0n) is 18.3. The van der Waals surface area contributed by atoms with Gasteiger partial charge in [-0.2, -0.15) is 0 Å². The molecular formula is C24H29N7O. The van der Waals surface area contributed by atoms with Gasteiger partial charge in [0.25, 0.3) is 0 Å². The van der Waals surface area contributed by atoms with E-state index in [-0.39, 0.29) is 11.8 Å². The zero-order valence-corrected chi connectivity index (χ0v) is 18.3. The van der Waals surface area contributed by atoms with Crippen LogP contribution in [0.2, 0.25) is 0 Å². The van der Waals surface area contributed by atoms with Gasteiger partial charge in [-0.25, -0.2) is 9.97 Å². The van der Waals surface area contributed by atoms with E-state index in [1.54, 1.807) is 25.8 Å². The summed E-state index contributed by atoms with van der Waals surface area (Å²) in [7, 11) is 1.75. The van der Waals surface area contributed by atoms with Crippen LogP contribution in [0.5, 0.6) is 0 Å². The highest BCUT2D eigenvalue weighted by Crippen LogP contribution is 2.17. The third-order valence-electron chi connectivity index (χ3n) is 5.63. The van der Waals surface area contributed by atoms with Crippen molar-refractivity contribution in [3.63, 3.8) is 0 Å². The lowest BCUT2D eigenvalue weighted by molar-refractivity contribution is -0.127. The van der Waals surface area contributed by atoms with Crippen molar-refractivity contribution in [2.45, 2.75) is 19.4 Å². The van der Waals surface area contributed by atoms with Crippen molar-refractivity contribution in [1.82, 2.24) is 30.1 Å². The van der Waals surface area contributed by atoms with E-state index < -0.39 is 0 Å². The number of hydrogen-bond donors (Lipinski definition) is 2. The molecule has 3 aromatic rings. The van der Waals surface area contributed by atoms with Gasteiger partial charge in [-0.05, 0) is 29.7 Å². The maximum absolute atomic E-state index is 12.4. The maximum Gasteiger partial charge on any atom is 0.223 e. The lowest BCUT2D eigenvalue weighted by Gasteiger charge is -2.18. The summed E-state index contributed by atoms with van der Waals surface area (Å²) in [5.74, 6) is 2.07. The fourth-order valence-corrected chi connectivity index (χ4v) is 3.87. The van der Waals surface area contributed by atoms with Crippen LogP contribution < -0.4 is 10.6 Å². The number of pyridine rings is 1. The van der Waals surface area contributed by atoms with Crippen LogP contribution in [-0.4, -0.2) is 58.0 Å². The summed E-state index contributed by atoms with van der Waals surface area (Å²) in [4.78, 5) is 27.1. The molecule has 1 amide bonds. The van der Waals surface area contributed by atoms with Gasteiger partial charge in [0.2, 0.25) is 5.91 Å². The molecule has 1 aromatic carbocycles. The molecule has 0 radical (unpaired) electrons. The van der Waals surface area contributed by atoms with Crippen molar-refractivity contribution in [3.05, 3.63) is 78.5 Å². The Balaban J connectivity index is 1.23. The molecule has 1 unspecified atom stereocenters. The van der Waals surface area contributed by atoms with E-state index in [1.165, 1.54) is 5.56 Å². The van der Waals surface area contributed by atoms with Crippen molar-refractivity contribution in [3.8, 4) is 5.82 Å². The number of carbonyl (C=O) groups excluding carboxylic acids is 1. The molecule has 8 nitrogen and oxygen atoms in total. The summed E-state index contributed by atoms with van der Waals surface area (Å²) in [6.07, 6.45) is 8.59. The number of guanidine groups is 1.